The Labute approximate surface area is 145 Å². The van der Waals surface area contributed by atoms with Crippen LogP contribution in [0.2, 0.25) is 0 Å². The first-order chi connectivity index (χ1) is 11.9. The summed E-state index contributed by atoms with van der Waals surface area (Å²) in [5.41, 5.74) is 1.71. The summed E-state index contributed by atoms with van der Waals surface area (Å²) in [4.78, 5) is 16.8. The Bertz CT molecular complexity index is 841. The number of hydrogen-bond donors (Lipinski definition) is 2. The highest BCUT2D eigenvalue weighted by Gasteiger charge is 2.35. The molecule has 0 radical (unpaired) electrons. The van der Waals surface area contributed by atoms with Gasteiger partial charge in [0.25, 0.3) is 0 Å². The summed E-state index contributed by atoms with van der Waals surface area (Å²) >= 11 is 0. The van der Waals surface area contributed by atoms with E-state index in [-0.39, 0.29) is 11.9 Å². The second-order valence-corrected chi connectivity index (χ2v) is 5.98. The minimum absolute atomic E-state index is 0.0190. The van der Waals surface area contributed by atoms with Crippen molar-refractivity contribution in [2.24, 2.45) is 0 Å². The van der Waals surface area contributed by atoms with Crippen LogP contribution in [0, 0.1) is 0 Å². The molecule has 132 valence electrons. The number of nitrogens with one attached hydrogen (secondary N) is 1. The molecule has 0 saturated heterocycles. The number of methoxy groups -OCH3 is 1. The molecule has 0 amide bonds. The molecule has 0 saturated carbocycles. The van der Waals surface area contributed by atoms with E-state index in [0.29, 0.717) is 28.5 Å². The average Bonchev–Trinajstić information content (AvgIpc) is 3.00. The summed E-state index contributed by atoms with van der Waals surface area (Å²) in [5, 5.41) is 17.4. The number of aromatic hydroxyl groups is 1. The van der Waals surface area contributed by atoms with Crippen LogP contribution in [-0.4, -0.2) is 39.1 Å². The first-order valence-electron chi connectivity index (χ1n) is 7.87. The zero-order valence-electron chi connectivity index (χ0n) is 14.5. The molecule has 8 nitrogen and oxygen atoms in total. The van der Waals surface area contributed by atoms with Crippen molar-refractivity contribution in [2.75, 3.05) is 12.4 Å². The number of phenols is 1. The molecule has 1 aliphatic rings. The summed E-state index contributed by atoms with van der Waals surface area (Å²) in [6.45, 7) is 5.36. The SMILES string of the molecule is COc1ccc([C@@H]2C(C(=O)OC(C)C)=C(C)Nc3ncnn32)cc1O. The minimum Gasteiger partial charge on any atom is -0.504 e. The van der Waals surface area contributed by atoms with Crippen LogP contribution in [0.3, 0.4) is 0 Å². The van der Waals surface area contributed by atoms with Crippen molar-refractivity contribution < 1.29 is 19.4 Å². The second kappa shape index (κ2) is 6.46. The number of ether oxygens (including phenoxy) is 2. The van der Waals surface area contributed by atoms with Crippen molar-refractivity contribution in [3.63, 3.8) is 0 Å². The molecule has 0 fully saturated rings. The molecule has 1 atom stereocenters. The molecule has 1 aromatic heterocycles. The fraction of sp³-hybridized carbons (Fsp3) is 0.353. The van der Waals surface area contributed by atoms with E-state index in [2.05, 4.69) is 15.4 Å². The molecule has 2 aromatic rings. The standard InChI is InChI=1S/C17H20N4O4/c1-9(2)25-16(23)14-10(3)20-17-18-8-19-21(17)15(14)11-5-6-13(24-4)12(22)7-11/h5-9,15,22H,1-4H3,(H,18,19,20)/t15-/m1/s1. The summed E-state index contributed by atoms with van der Waals surface area (Å²) in [5.74, 6) is 0.401. The highest BCUT2D eigenvalue weighted by molar-refractivity contribution is 5.92. The Kier molecular flexibility index (Phi) is 4.35. The normalized spacial score (nSPS) is 16.4. The van der Waals surface area contributed by atoms with Gasteiger partial charge in [0.2, 0.25) is 5.95 Å². The third-order valence-electron chi connectivity index (χ3n) is 3.88. The van der Waals surface area contributed by atoms with Gasteiger partial charge in [-0.15, -0.1) is 0 Å². The maximum absolute atomic E-state index is 12.7. The highest BCUT2D eigenvalue weighted by Crippen LogP contribution is 2.38. The van der Waals surface area contributed by atoms with E-state index in [4.69, 9.17) is 9.47 Å². The molecule has 2 N–H and O–H groups in total. The summed E-state index contributed by atoms with van der Waals surface area (Å²) in [6, 6.07) is 4.40. The molecule has 0 spiro atoms. The van der Waals surface area contributed by atoms with E-state index in [9.17, 15) is 9.90 Å². The fourth-order valence-corrected chi connectivity index (χ4v) is 2.82. The van der Waals surface area contributed by atoms with Crippen LogP contribution in [0.15, 0.2) is 35.8 Å². The lowest BCUT2D eigenvalue weighted by Gasteiger charge is -2.28. The van der Waals surface area contributed by atoms with Crippen LogP contribution >= 0.6 is 0 Å². The Morgan fingerprint density at radius 2 is 2.16 bits per heavy atom. The third kappa shape index (κ3) is 3.02. The topological polar surface area (TPSA) is 98.5 Å². The number of esters is 1. The van der Waals surface area contributed by atoms with Gasteiger partial charge >= 0.3 is 5.97 Å². The van der Waals surface area contributed by atoms with E-state index in [0.717, 1.165) is 0 Å². The maximum atomic E-state index is 12.7. The zero-order chi connectivity index (χ0) is 18.1. The number of carbonyl (C=O) groups excluding carboxylic acids is 1. The fourth-order valence-electron chi connectivity index (χ4n) is 2.82. The number of rotatable bonds is 4. The van der Waals surface area contributed by atoms with E-state index < -0.39 is 12.0 Å². The van der Waals surface area contributed by atoms with Gasteiger partial charge in [0.05, 0.1) is 18.8 Å². The predicted molar refractivity (Wildman–Crippen MR) is 90.4 cm³/mol. The van der Waals surface area contributed by atoms with Gasteiger partial charge in [-0.05, 0) is 38.5 Å². The van der Waals surface area contributed by atoms with Crippen molar-refractivity contribution >= 4 is 11.9 Å². The minimum atomic E-state index is -0.568. The van der Waals surface area contributed by atoms with Crippen molar-refractivity contribution in [1.82, 2.24) is 14.8 Å². The maximum Gasteiger partial charge on any atom is 0.338 e. The molecular weight excluding hydrogens is 324 g/mol. The number of aromatic nitrogens is 3. The number of carbonyl (C=O) groups is 1. The molecule has 1 aliphatic heterocycles. The Hall–Kier alpha value is -3.03. The summed E-state index contributed by atoms with van der Waals surface area (Å²) < 4.78 is 12.1. The lowest BCUT2D eigenvalue weighted by Crippen LogP contribution is -2.30. The lowest BCUT2D eigenvalue weighted by molar-refractivity contribution is -0.143. The number of allylic oxidation sites excluding steroid dienone is 1. The van der Waals surface area contributed by atoms with E-state index >= 15 is 0 Å². The molecule has 0 aliphatic carbocycles. The smallest absolute Gasteiger partial charge is 0.338 e. The van der Waals surface area contributed by atoms with Gasteiger partial charge in [-0.3, -0.25) is 0 Å². The van der Waals surface area contributed by atoms with E-state index in [1.807, 2.05) is 0 Å². The van der Waals surface area contributed by atoms with E-state index in [1.54, 1.807) is 43.7 Å². The summed E-state index contributed by atoms with van der Waals surface area (Å²) in [6.07, 6.45) is 1.15. The van der Waals surface area contributed by atoms with E-state index in [1.165, 1.54) is 13.4 Å². The van der Waals surface area contributed by atoms with Crippen LogP contribution in [0.25, 0.3) is 0 Å². The van der Waals surface area contributed by atoms with Crippen LogP contribution in [0.4, 0.5) is 5.95 Å². The Morgan fingerprint density at radius 3 is 2.80 bits per heavy atom. The van der Waals surface area contributed by atoms with Crippen molar-refractivity contribution in [3.05, 3.63) is 41.4 Å². The molecule has 8 heteroatoms. The monoisotopic (exact) mass is 344 g/mol. The zero-order valence-corrected chi connectivity index (χ0v) is 14.5. The number of nitrogens with zero attached hydrogens (tertiary/aromatic N) is 3. The number of benzene rings is 1. The van der Waals surface area contributed by atoms with Crippen LogP contribution < -0.4 is 10.1 Å². The highest BCUT2D eigenvalue weighted by atomic mass is 16.5. The van der Waals surface area contributed by atoms with Gasteiger partial charge in [0.15, 0.2) is 11.5 Å². The van der Waals surface area contributed by atoms with Crippen LogP contribution in [-0.2, 0) is 9.53 Å². The lowest BCUT2D eigenvalue weighted by atomic mass is 9.95. The quantitative estimate of drug-likeness (QED) is 0.821. The van der Waals surface area contributed by atoms with Gasteiger partial charge in [-0.2, -0.15) is 10.1 Å². The first-order valence-corrected chi connectivity index (χ1v) is 7.87. The van der Waals surface area contributed by atoms with Crippen LogP contribution in [0.5, 0.6) is 11.5 Å². The molecule has 0 unspecified atom stereocenters. The first kappa shape index (κ1) is 16.8. The summed E-state index contributed by atoms with van der Waals surface area (Å²) in [7, 11) is 1.48. The molecule has 25 heavy (non-hydrogen) atoms. The molecule has 3 rings (SSSR count). The largest absolute Gasteiger partial charge is 0.504 e. The van der Waals surface area contributed by atoms with Crippen molar-refractivity contribution in [3.8, 4) is 11.5 Å². The molecular formula is C17H20N4O4. The average molecular weight is 344 g/mol. The predicted octanol–water partition coefficient (Wildman–Crippen LogP) is 2.23. The number of anilines is 1. The number of fused-ring (bicyclic) bond motifs is 1. The van der Waals surface area contributed by atoms with Gasteiger partial charge in [0.1, 0.15) is 12.4 Å². The van der Waals surface area contributed by atoms with Crippen molar-refractivity contribution in [1.29, 1.82) is 0 Å². The van der Waals surface area contributed by atoms with Gasteiger partial charge < -0.3 is 19.9 Å². The third-order valence-corrected chi connectivity index (χ3v) is 3.88. The number of phenolic OH excluding ortho intramolecular Hbond substituents is 1. The molecule has 1 aromatic carbocycles. The molecule has 0 bridgehead atoms. The molecule has 2 heterocycles. The van der Waals surface area contributed by atoms with Crippen LogP contribution in [0.1, 0.15) is 32.4 Å². The number of hydrogen-bond acceptors (Lipinski definition) is 7. The van der Waals surface area contributed by atoms with Gasteiger partial charge in [0, 0.05) is 5.70 Å². The van der Waals surface area contributed by atoms with Crippen molar-refractivity contribution in [2.45, 2.75) is 32.9 Å². The van der Waals surface area contributed by atoms with Gasteiger partial charge in [-0.1, -0.05) is 6.07 Å². The Morgan fingerprint density at radius 1 is 1.40 bits per heavy atom. The second-order valence-electron chi connectivity index (χ2n) is 5.98. The van der Waals surface area contributed by atoms with Gasteiger partial charge in [-0.25, -0.2) is 9.48 Å². The Balaban J connectivity index is 2.12.